The molecule has 102 valence electrons. The van der Waals surface area contributed by atoms with Crippen LogP contribution in [0.2, 0.25) is 0 Å². The first kappa shape index (κ1) is 14.5. The number of nitrogens with one attached hydrogen (secondary N) is 1. The van der Waals surface area contributed by atoms with Crippen LogP contribution in [0, 0.1) is 0 Å². The van der Waals surface area contributed by atoms with Crippen LogP contribution in [0.15, 0.2) is 59.2 Å². The van der Waals surface area contributed by atoms with E-state index in [1.165, 1.54) is 6.08 Å². The van der Waals surface area contributed by atoms with E-state index in [4.69, 9.17) is 0 Å². The molecule has 0 aliphatic heterocycles. The lowest BCUT2D eigenvalue weighted by Gasteiger charge is -2.12. The van der Waals surface area contributed by atoms with E-state index in [1.807, 2.05) is 55.5 Å². The van der Waals surface area contributed by atoms with Crippen molar-refractivity contribution in [2.75, 3.05) is 0 Å². The summed E-state index contributed by atoms with van der Waals surface area (Å²) in [6.07, 6.45) is 3.19. The molecule has 1 atom stereocenters. The SMILES string of the molecule is CC(NC(=O)/C=C/c1cccc(Br)n1)c1ccccc1. The number of carbonyl (C=O) groups excluding carboxylic acids is 1. The monoisotopic (exact) mass is 330 g/mol. The van der Waals surface area contributed by atoms with Crippen LogP contribution < -0.4 is 5.32 Å². The van der Waals surface area contributed by atoms with Crippen molar-refractivity contribution in [3.8, 4) is 0 Å². The molecular formula is C16H15BrN2O. The van der Waals surface area contributed by atoms with E-state index in [1.54, 1.807) is 6.08 Å². The van der Waals surface area contributed by atoms with Crippen LogP contribution >= 0.6 is 15.9 Å². The highest BCUT2D eigenvalue weighted by molar-refractivity contribution is 9.10. The molecule has 1 heterocycles. The van der Waals surface area contributed by atoms with Gasteiger partial charge in [0.05, 0.1) is 11.7 Å². The summed E-state index contributed by atoms with van der Waals surface area (Å²) < 4.78 is 0.748. The largest absolute Gasteiger partial charge is 0.346 e. The number of hydrogen-bond acceptors (Lipinski definition) is 2. The van der Waals surface area contributed by atoms with Gasteiger partial charge in [-0.15, -0.1) is 0 Å². The molecule has 1 aromatic heterocycles. The molecule has 0 saturated heterocycles. The van der Waals surface area contributed by atoms with Gasteiger partial charge >= 0.3 is 0 Å². The summed E-state index contributed by atoms with van der Waals surface area (Å²) >= 11 is 3.29. The minimum absolute atomic E-state index is 0.0242. The third-order valence-electron chi connectivity index (χ3n) is 2.80. The lowest BCUT2D eigenvalue weighted by Crippen LogP contribution is -2.24. The van der Waals surface area contributed by atoms with Crippen molar-refractivity contribution in [1.29, 1.82) is 0 Å². The molecule has 1 N–H and O–H groups in total. The number of hydrogen-bond donors (Lipinski definition) is 1. The van der Waals surface area contributed by atoms with Crippen molar-refractivity contribution in [1.82, 2.24) is 10.3 Å². The van der Waals surface area contributed by atoms with Crippen LogP contribution in [-0.4, -0.2) is 10.9 Å². The first-order valence-corrected chi connectivity index (χ1v) is 7.10. The summed E-state index contributed by atoms with van der Waals surface area (Å²) in [5.41, 5.74) is 1.82. The Bertz CT molecular complexity index is 611. The van der Waals surface area contributed by atoms with Crippen molar-refractivity contribution in [2.24, 2.45) is 0 Å². The first-order valence-electron chi connectivity index (χ1n) is 6.31. The molecule has 2 rings (SSSR count). The summed E-state index contributed by atoms with van der Waals surface area (Å²) in [5, 5.41) is 2.92. The molecule has 1 unspecified atom stereocenters. The first-order chi connectivity index (χ1) is 9.65. The molecule has 0 saturated carbocycles. The standard InChI is InChI=1S/C16H15BrN2O/c1-12(13-6-3-2-4-7-13)18-16(20)11-10-14-8-5-9-15(17)19-14/h2-12H,1H3,(H,18,20)/b11-10+. The maximum absolute atomic E-state index is 11.8. The minimum Gasteiger partial charge on any atom is -0.346 e. The fourth-order valence-electron chi connectivity index (χ4n) is 1.76. The van der Waals surface area contributed by atoms with Crippen molar-refractivity contribution >= 4 is 27.9 Å². The van der Waals surface area contributed by atoms with Crippen LogP contribution in [0.1, 0.15) is 24.2 Å². The van der Waals surface area contributed by atoms with Gasteiger partial charge in [-0.1, -0.05) is 36.4 Å². The zero-order valence-electron chi connectivity index (χ0n) is 11.1. The van der Waals surface area contributed by atoms with Gasteiger partial charge < -0.3 is 5.32 Å². The number of pyridine rings is 1. The van der Waals surface area contributed by atoms with Gasteiger partial charge in [0.2, 0.25) is 5.91 Å². The molecule has 0 spiro atoms. The number of rotatable bonds is 4. The Morgan fingerprint density at radius 3 is 2.65 bits per heavy atom. The Kier molecular flexibility index (Phi) is 5.07. The van der Waals surface area contributed by atoms with Crippen molar-refractivity contribution in [3.05, 3.63) is 70.5 Å². The van der Waals surface area contributed by atoms with Crippen LogP contribution in [-0.2, 0) is 4.79 Å². The number of halogens is 1. The average molecular weight is 331 g/mol. The number of aromatic nitrogens is 1. The maximum Gasteiger partial charge on any atom is 0.244 e. The lowest BCUT2D eigenvalue weighted by atomic mass is 10.1. The zero-order valence-corrected chi connectivity index (χ0v) is 12.7. The van der Waals surface area contributed by atoms with E-state index in [0.717, 1.165) is 15.9 Å². The second-order valence-corrected chi connectivity index (χ2v) is 5.17. The molecule has 0 bridgehead atoms. The van der Waals surface area contributed by atoms with Crippen molar-refractivity contribution in [3.63, 3.8) is 0 Å². The van der Waals surface area contributed by atoms with Gasteiger partial charge in [0.25, 0.3) is 0 Å². The molecule has 3 nitrogen and oxygen atoms in total. The third kappa shape index (κ3) is 4.31. The molecule has 2 aromatic rings. The molecule has 4 heteroatoms. The van der Waals surface area contributed by atoms with E-state index < -0.39 is 0 Å². The van der Waals surface area contributed by atoms with Crippen LogP contribution in [0.3, 0.4) is 0 Å². The molecule has 1 amide bonds. The second-order valence-electron chi connectivity index (χ2n) is 4.36. The Labute approximate surface area is 126 Å². The molecular weight excluding hydrogens is 316 g/mol. The topological polar surface area (TPSA) is 42.0 Å². The van der Waals surface area contributed by atoms with Gasteiger partial charge in [0.15, 0.2) is 0 Å². The van der Waals surface area contributed by atoms with Gasteiger partial charge in [-0.25, -0.2) is 4.98 Å². The van der Waals surface area contributed by atoms with E-state index >= 15 is 0 Å². The van der Waals surface area contributed by atoms with Gasteiger partial charge in [0, 0.05) is 6.08 Å². The number of nitrogens with zero attached hydrogens (tertiary/aromatic N) is 1. The van der Waals surface area contributed by atoms with Gasteiger partial charge in [-0.05, 0) is 46.6 Å². The van der Waals surface area contributed by atoms with Crippen LogP contribution in [0.4, 0.5) is 0 Å². The van der Waals surface area contributed by atoms with E-state index in [9.17, 15) is 4.79 Å². The predicted octanol–water partition coefficient (Wildman–Crippen LogP) is 3.73. The Balaban J connectivity index is 1.96. The van der Waals surface area contributed by atoms with Crippen molar-refractivity contribution < 1.29 is 4.79 Å². The van der Waals surface area contributed by atoms with Gasteiger partial charge in [-0.3, -0.25) is 4.79 Å². The summed E-state index contributed by atoms with van der Waals surface area (Å²) in [7, 11) is 0. The molecule has 1 aromatic carbocycles. The minimum atomic E-state index is -0.136. The Morgan fingerprint density at radius 2 is 1.95 bits per heavy atom. The fourth-order valence-corrected chi connectivity index (χ4v) is 2.12. The maximum atomic E-state index is 11.8. The van der Waals surface area contributed by atoms with E-state index in [2.05, 4.69) is 26.2 Å². The van der Waals surface area contributed by atoms with Crippen LogP contribution in [0.5, 0.6) is 0 Å². The van der Waals surface area contributed by atoms with Gasteiger partial charge in [-0.2, -0.15) is 0 Å². The smallest absolute Gasteiger partial charge is 0.244 e. The molecule has 20 heavy (non-hydrogen) atoms. The Hall–Kier alpha value is -1.94. The summed E-state index contributed by atoms with van der Waals surface area (Å²) in [4.78, 5) is 16.1. The van der Waals surface area contributed by atoms with E-state index in [-0.39, 0.29) is 11.9 Å². The Morgan fingerprint density at radius 1 is 1.20 bits per heavy atom. The molecule has 0 aliphatic rings. The van der Waals surface area contributed by atoms with E-state index in [0.29, 0.717) is 0 Å². The quantitative estimate of drug-likeness (QED) is 0.685. The summed E-state index contributed by atoms with van der Waals surface area (Å²) in [6.45, 7) is 1.96. The molecule has 0 fully saturated rings. The third-order valence-corrected chi connectivity index (χ3v) is 3.24. The molecule has 0 aliphatic carbocycles. The normalized spacial score (nSPS) is 12.3. The average Bonchev–Trinajstić information content (AvgIpc) is 2.46. The number of benzene rings is 1. The molecule has 0 radical (unpaired) electrons. The van der Waals surface area contributed by atoms with Crippen LogP contribution in [0.25, 0.3) is 6.08 Å². The highest BCUT2D eigenvalue weighted by atomic mass is 79.9. The summed E-state index contributed by atoms with van der Waals surface area (Å²) in [5.74, 6) is -0.136. The second kappa shape index (κ2) is 7.01. The van der Waals surface area contributed by atoms with Crippen molar-refractivity contribution in [2.45, 2.75) is 13.0 Å². The lowest BCUT2D eigenvalue weighted by molar-refractivity contribution is -0.117. The summed E-state index contributed by atoms with van der Waals surface area (Å²) in [6, 6.07) is 15.4. The highest BCUT2D eigenvalue weighted by Crippen LogP contribution is 2.11. The fraction of sp³-hybridized carbons (Fsp3) is 0.125. The predicted molar refractivity (Wildman–Crippen MR) is 84.0 cm³/mol. The van der Waals surface area contributed by atoms with Gasteiger partial charge in [0.1, 0.15) is 4.60 Å². The highest BCUT2D eigenvalue weighted by Gasteiger charge is 2.06. The zero-order chi connectivity index (χ0) is 14.4. The number of amides is 1. The number of carbonyl (C=O) groups is 1.